The Kier molecular flexibility index (Phi) is 9.17. The average Bonchev–Trinajstić information content (AvgIpc) is 2.72. The van der Waals surface area contributed by atoms with Crippen LogP contribution in [0, 0.1) is 0 Å². The van der Waals surface area contributed by atoms with E-state index in [0.29, 0.717) is 12.3 Å². The van der Waals surface area contributed by atoms with Gasteiger partial charge in [0.15, 0.2) is 6.61 Å². The van der Waals surface area contributed by atoms with Crippen molar-refractivity contribution in [3.63, 3.8) is 0 Å². The van der Waals surface area contributed by atoms with E-state index in [-0.39, 0.29) is 24.5 Å². The molecule has 0 aliphatic heterocycles. The zero-order chi connectivity index (χ0) is 21.4. The zero-order valence-corrected chi connectivity index (χ0v) is 20.0. The van der Waals surface area contributed by atoms with Crippen LogP contribution in [0.3, 0.4) is 0 Å². The average molecular weight is 526 g/mol. The van der Waals surface area contributed by atoms with Gasteiger partial charge in [-0.15, -0.1) is 0 Å². The molecule has 1 N–H and O–H groups in total. The van der Waals surface area contributed by atoms with Crippen molar-refractivity contribution in [2.24, 2.45) is 0 Å². The second-order valence-electron chi connectivity index (χ2n) is 6.88. The number of amides is 2. The summed E-state index contributed by atoms with van der Waals surface area (Å²) in [4.78, 5) is 27.2. The Bertz CT molecular complexity index is 810. The van der Waals surface area contributed by atoms with Gasteiger partial charge in [-0.05, 0) is 62.2 Å². The van der Waals surface area contributed by atoms with E-state index in [1.165, 1.54) is 0 Å². The lowest BCUT2D eigenvalue weighted by Crippen LogP contribution is -2.50. The lowest BCUT2D eigenvalue weighted by Gasteiger charge is -2.29. The number of hydrogen-bond acceptors (Lipinski definition) is 3. The number of rotatable bonds is 9. The molecule has 2 rings (SSSR count). The van der Waals surface area contributed by atoms with Crippen LogP contribution in [0.15, 0.2) is 57.5 Å². The molecule has 2 amide bonds. The summed E-state index contributed by atoms with van der Waals surface area (Å²) in [5.74, 6) is 0.179. The maximum atomic E-state index is 13.0. The Balaban J connectivity index is 2.13. The molecule has 0 saturated carbocycles. The first-order chi connectivity index (χ1) is 13.8. The van der Waals surface area contributed by atoms with Crippen molar-refractivity contribution in [2.75, 3.05) is 6.61 Å². The van der Waals surface area contributed by atoms with E-state index in [0.717, 1.165) is 20.9 Å². The molecular weight excluding hydrogens is 500 g/mol. The third-order valence-corrected chi connectivity index (χ3v) is 5.67. The van der Waals surface area contributed by atoms with Crippen molar-refractivity contribution < 1.29 is 14.3 Å². The van der Waals surface area contributed by atoms with E-state index in [4.69, 9.17) is 4.74 Å². The molecule has 0 aliphatic carbocycles. The number of nitrogens with one attached hydrogen (secondary N) is 1. The number of carbonyl (C=O) groups excluding carboxylic acids is 2. The summed E-state index contributed by atoms with van der Waals surface area (Å²) in [6.07, 6.45) is 0.825. The van der Waals surface area contributed by atoms with Crippen LogP contribution in [0.25, 0.3) is 0 Å². The highest BCUT2D eigenvalue weighted by atomic mass is 79.9. The number of ether oxygens (including phenoxy) is 1. The smallest absolute Gasteiger partial charge is 0.261 e. The Morgan fingerprint density at radius 1 is 1.00 bits per heavy atom. The molecule has 0 unspecified atom stereocenters. The van der Waals surface area contributed by atoms with Gasteiger partial charge >= 0.3 is 0 Å². The molecule has 0 fully saturated rings. The van der Waals surface area contributed by atoms with Gasteiger partial charge in [-0.25, -0.2) is 0 Å². The highest BCUT2D eigenvalue weighted by molar-refractivity contribution is 9.10. The predicted molar refractivity (Wildman–Crippen MR) is 122 cm³/mol. The molecule has 2 aromatic rings. The largest absolute Gasteiger partial charge is 0.484 e. The fourth-order valence-electron chi connectivity index (χ4n) is 2.59. The normalized spacial score (nSPS) is 12.7. The lowest BCUT2D eigenvalue weighted by atomic mass is 10.1. The summed E-state index contributed by atoms with van der Waals surface area (Å²) >= 11 is 6.79. The summed E-state index contributed by atoms with van der Waals surface area (Å²) in [5.41, 5.74) is 0.938. The minimum absolute atomic E-state index is 0.0496. The van der Waals surface area contributed by atoms with Crippen LogP contribution >= 0.6 is 31.9 Å². The Labute approximate surface area is 189 Å². The minimum Gasteiger partial charge on any atom is -0.484 e. The quantitative estimate of drug-likeness (QED) is 0.505. The first kappa shape index (κ1) is 23.4. The predicted octanol–water partition coefficient (Wildman–Crippen LogP) is 4.92. The van der Waals surface area contributed by atoms with Crippen molar-refractivity contribution in [3.05, 3.63) is 63.0 Å². The van der Waals surface area contributed by atoms with Crippen molar-refractivity contribution in [1.29, 1.82) is 0 Å². The summed E-state index contributed by atoms with van der Waals surface area (Å²) in [6, 6.07) is 14.4. The molecular formula is C22H26Br2N2O3. The number of carbonyl (C=O) groups is 2. The summed E-state index contributed by atoms with van der Waals surface area (Å²) < 4.78 is 7.53. The molecule has 2 aromatic carbocycles. The van der Waals surface area contributed by atoms with Crippen LogP contribution in [-0.4, -0.2) is 35.4 Å². The summed E-state index contributed by atoms with van der Waals surface area (Å²) in [6.45, 7) is 5.88. The topological polar surface area (TPSA) is 58.6 Å². The lowest BCUT2D eigenvalue weighted by molar-refractivity contribution is -0.142. The van der Waals surface area contributed by atoms with Gasteiger partial charge in [0.2, 0.25) is 5.91 Å². The molecule has 0 radical (unpaired) electrons. The number of benzene rings is 2. The van der Waals surface area contributed by atoms with Gasteiger partial charge in [-0.1, -0.05) is 50.9 Å². The maximum Gasteiger partial charge on any atom is 0.261 e. The van der Waals surface area contributed by atoms with Crippen molar-refractivity contribution in [1.82, 2.24) is 10.2 Å². The van der Waals surface area contributed by atoms with E-state index < -0.39 is 6.04 Å². The molecule has 156 valence electrons. The first-order valence-corrected chi connectivity index (χ1v) is 11.1. The second-order valence-corrected chi connectivity index (χ2v) is 8.72. The Hall–Kier alpha value is -1.86. The van der Waals surface area contributed by atoms with Crippen LogP contribution in [0.4, 0.5) is 0 Å². The maximum absolute atomic E-state index is 13.0. The summed E-state index contributed by atoms with van der Waals surface area (Å²) in [5, 5.41) is 2.95. The zero-order valence-electron chi connectivity index (χ0n) is 16.8. The fourth-order valence-corrected chi connectivity index (χ4v) is 3.12. The van der Waals surface area contributed by atoms with Crippen LogP contribution in [0.1, 0.15) is 32.8 Å². The van der Waals surface area contributed by atoms with Crippen molar-refractivity contribution >= 4 is 43.7 Å². The highest BCUT2D eigenvalue weighted by Gasteiger charge is 2.27. The third kappa shape index (κ3) is 7.48. The van der Waals surface area contributed by atoms with Gasteiger partial charge in [0, 0.05) is 21.5 Å². The second kappa shape index (κ2) is 11.4. The Morgan fingerprint density at radius 2 is 1.55 bits per heavy atom. The summed E-state index contributed by atoms with van der Waals surface area (Å²) in [7, 11) is 0. The molecule has 0 aromatic heterocycles. The van der Waals surface area contributed by atoms with Crippen LogP contribution in [-0.2, 0) is 16.1 Å². The highest BCUT2D eigenvalue weighted by Crippen LogP contribution is 2.17. The number of halogens is 2. The van der Waals surface area contributed by atoms with Crippen LogP contribution < -0.4 is 10.1 Å². The number of nitrogens with zero attached hydrogens (tertiary/aromatic N) is 1. The standard InChI is InChI=1S/C22H26Br2N2O3/c1-4-15(2)25-22(28)16(3)26(13-17-5-7-18(23)8-6-17)21(27)14-29-20-11-9-19(24)10-12-20/h5-12,15-16H,4,13-14H2,1-3H3,(H,25,28)/t15-,16-/m0/s1. The first-order valence-electron chi connectivity index (χ1n) is 9.52. The fraction of sp³-hybridized carbons (Fsp3) is 0.364. The molecule has 7 heteroatoms. The van der Waals surface area contributed by atoms with Crippen molar-refractivity contribution in [2.45, 2.75) is 45.8 Å². The molecule has 0 bridgehead atoms. The van der Waals surface area contributed by atoms with E-state index in [1.54, 1.807) is 24.0 Å². The van der Waals surface area contributed by atoms with Crippen molar-refractivity contribution in [3.8, 4) is 5.75 Å². The van der Waals surface area contributed by atoms with Crippen LogP contribution in [0.2, 0.25) is 0 Å². The van der Waals surface area contributed by atoms with Gasteiger partial charge in [0.1, 0.15) is 11.8 Å². The molecule has 5 nitrogen and oxygen atoms in total. The molecule has 0 spiro atoms. The minimum atomic E-state index is -0.617. The van der Waals surface area contributed by atoms with Gasteiger partial charge in [-0.3, -0.25) is 9.59 Å². The third-order valence-electron chi connectivity index (χ3n) is 4.61. The molecule has 0 aliphatic rings. The van der Waals surface area contributed by atoms with E-state index in [2.05, 4.69) is 37.2 Å². The van der Waals surface area contributed by atoms with Gasteiger partial charge in [0.05, 0.1) is 0 Å². The SMILES string of the molecule is CC[C@H](C)NC(=O)[C@H](C)N(Cc1ccc(Br)cc1)C(=O)COc1ccc(Br)cc1. The monoisotopic (exact) mass is 524 g/mol. The molecule has 29 heavy (non-hydrogen) atoms. The number of hydrogen-bond donors (Lipinski definition) is 1. The molecule has 0 heterocycles. The van der Waals surface area contributed by atoms with Crippen LogP contribution in [0.5, 0.6) is 5.75 Å². The van der Waals surface area contributed by atoms with E-state index in [1.807, 2.05) is 50.2 Å². The van der Waals surface area contributed by atoms with E-state index >= 15 is 0 Å². The molecule has 2 atom stereocenters. The van der Waals surface area contributed by atoms with Gasteiger partial charge in [-0.2, -0.15) is 0 Å². The van der Waals surface area contributed by atoms with E-state index in [9.17, 15) is 9.59 Å². The molecule has 0 saturated heterocycles. The van der Waals surface area contributed by atoms with Gasteiger partial charge in [0.25, 0.3) is 5.91 Å². The van der Waals surface area contributed by atoms with Gasteiger partial charge < -0.3 is 15.0 Å². The Morgan fingerprint density at radius 3 is 2.10 bits per heavy atom.